The van der Waals surface area contributed by atoms with Crippen molar-refractivity contribution in [3.63, 3.8) is 0 Å². The first kappa shape index (κ1) is 13.3. The van der Waals surface area contributed by atoms with Gasteiger partial charge in [-0.3, -0.25) is 4.79 Å². The summed E-state index contributed by atoms with van der Waals surface area (Å²) in [6.07, 6.45) is 4.48. The minimum Gasteiger partial charge on any atom is -0.480 e. The van der Waals surface area contributed by atoms with Gasteiger partial charge in [0.15, 0.2) is 0 Å². The zero-order valence-electron chi connectivity index (χ0n) is 11.1. The van der Waals surface area contributed by atoms with E-state index in [0.717, 1.165) is 25.7 Å². The summed E-state index contributed by atoms with van der Waals surface area (Å²) >= 11 is 0. The number of likely N-dealkylation sites (tertiary alicyclic amines) is 1. The van der Waals surface area contributed by atoms with E-state index in [0.29, 0.717) is 19.4 Å². The van der Waals surface area contributed by atoms with Crippen LogP contribution in [-0.2, 0) is 14.3 Å². The number of amides is 1. The van der Waals surface area contributed by atoms with Gasteiger partial charge < -0.3 is 14.7 Å². The Morgan fingerprint density at radius 2 is 1.94 bits per heavy atom. The molecule has 2 fully saturated rings. The number of carboxylic acids is 1. The number of aliphatic carboxylic acids is 1. The molecule has 0 bridgehead atoms. The highest BCUT2D eigenvalue weighted by atomic mass is 16.5. The van der Waals surface area contributed by atoms with Crippen molar-refractivity contribution in [1.29, 1.82) is 0 Å². The van der Waals surface area contributed by atoms with Crippen molar-refractivity contribution >= 4 is 11.9 Å². The minimum absolute atomic E-state index is 0.0843. The van der Waals surface area contributed by atoms with Gasteiger partial charge in [0.25, 0.3) is 0 Å². The second kappa shape index (κ2) is 4.53. The van der Waals surface area contributed by atoms with Crippen molar-refractivity contribution in [2.45, 2.75) is 56.6 Å². The van der Waals surface area contributed by atoms with Gasteiger partial charge in [-0.15, -0.1) is 0 Å². The molecule has 1 aliphatic carbocycles. The number of nitrogens with zero attached hydrogens (tertiary/aromatic N) is 1. The van der Waals surface area contributed by atoms with Gasteiger partial charge in [-0.2, -0.15) is 0 Å². The maximum Gasteiger partial charge on any atom is 0.329 e. The van der Waals surface area contributed by atoms with Crippen LogP contribution in [-0.4, -0.2) is 46.7 Å². The van der Waals surface area contributed by atoms with Crippen molar-refractivity contribution in [2.75, 3.05) is 13.7 Å². The lowest BCUT2D eigenvalue weighted by molar-refractivity contribution is -0.160. The summed E-state index contributed by atoms with van der Waals surface area (Å²) in [6, 6.07) is 0. The van der Waals surface area contributed by atoms with Crippen LogP contribution < -0.4 is 0 Å². The molecule has 5 heteroatoms. The highest BCUT2D eigenvalue weighted by molar-refractivity contribution is 5.87. The highest BCUT2D eigenvalue weighted by Gasteiger charge is 2.48. The molecular formula is C13H21NO4. The van der Waals surface area contributed by atoms with Crippen molar-refractivity contribution in [3.05, 3.63) is 0 Å². The smallest absolute Gasteiger partial charge is 0.329 e. The SMILES string of the molecule is COC1(CC(=O)N2CCCC2(C)C(=O)O)CCC1. The first-order valence-electron chi connectivity index (χ1n) is 6.53. The van der Waals surface area contributed by atoms with Crippen molar-refractivity contribution < 1.29 is 19.4 Å². The Labute approximate surface area is 107 Å². The van der Waals surface area contributed by atoms with E-state index in [4.69, 9.17) is 4.74 Å². The fourth-order valence-corrected chi connectivity index (χ4v) is 2.98. The standard InChI is InChI=1S/C13H21NO4/c1-12(11(16)17)5-4-8-14(12)10(15)9-13(18-2)6-3-7-13/h3-9H2,1-2H3,(H,16,17). The van der Waals surface area contributed by atoms with E-state index in [9.17, 15) is 14.7 Å². The van der Waals surface area contributed by atoms with Crippen LogP contribution in [0.25, 0.3) is 0 Å². The van der Waals surface area contributed by atoms with Crippen LogP contribution in [0.1, 0.15) is 45.4 Å². The molecular weight excluding hydrogens is 234 g/mol. The molecule has 0 aromatic heterocycles. The molecule has 0 spiro atoms. The second-order valence-electron chi connectivity index (χ2n) is 5.65. The third kappa shape index (κ3) is 2.00. The van der Waals surface area contributed by atoms with Crippen LogP contribution in [0, 0.1) is 0 Å². The van der Waals surface area contributed by atoms with Crippen molar-refractivity contribution in [1.82, 2.24) is 4.90 Å². The van der Waals surface area contributed by atoms with Gasteiger partial charge in [0.1, 0.15) is 5.54 Å². The van der Waals surface area contributed by atoms with Crippen molar-refractivity contribution in [3.8, 4) is 0 Å². The summed E-state index contributed by atoms with van der Waals surface area (Å²) in [4.78, 5) is 25.2. The molecule has 1 heterocycles. The fraction of sp³-hybridized carbons (Fsp3) is 0.846. The second-order valence-corrected chi connectivity index (χ2v) is 5.65. The van der Waals surface area contributed by atoms with E-state index in [1.807, 2.05) is 0 Å². The summed E-state index contributed by atoms with van der Waals surface area (Å²) in [5.41, 5.74) is -1.37. The van der Waals surface area contributed by atoms with E-state index >= 15 is 0 Å². The van der Waals surface area contributed by atoms with Gasteiger partial charge in [-0.05, 0) is 39.0 Å². The lowest BCUT2D eigenvalue weighted by Crippen LogP contribution is -2.53. The summed E-state index contributed by atoms with van der Waals surface area (Å²) in [6.45, 7) is 2.18. The zero-order chi connectivity index (χ0) is 13.4. The predicted molar refractivity (Wildman–Crippen MR) is 65.2 cm³/mol. The van der Waals surface area contributed by atoms with Crippen LogP contribution in [0.15, 0.2) is 0 Å². The Morgan fingerprint density at radius 1 is 1.28 bits per heavy atom. The number of carbonyl (C=O) groups excluding carboxylic acids is 1. The van der Waals surface area contributed by atoms with E-state index in [2.05, 4.69) is 0 Å². The summed E-state index contributed by atoms with van der Waals surface area (Å²) in [5, 5.41) is 9.29. The van der Waals surface area contributed by atoms with E-state index < -0.39 is 11.5 Å². The van der Waals surface area contributed by atoms with Gasteiger partial charge in [0.2, 0.25) is 5.91 Å². The number of hydrogen-bond acceptors (Lipinski definition) is 3. The predicted octanol–water partition coefficient (Wildman–Crippen LogP) is 1.41. The average Bonchev–Trinajstić information content (AvgIpc) is 2.67. The molecule has 0 radical (unpaired) electrons. The summed E-state index contributed by atoms with van der Waals surface area (Å²) in [5.74, 6) is -0.993. The molecule has 1 saturated carbocycles. The molecule has 0 aromatic carbocycles. The van der Waals surface area contributed by atoms with Gasteiger partial charge in [0.05, 0.1) is 12.0 Å². The summed E-state index contributed by atoms with van der Waals surface area (Å²) in [7, 11) is 1.63. The Balaban J connectivity index is 2.07. The fourth-order valence-electron chi connectivity index (χ4n) is 2.98. The van der Waals surface area contributed by atoms with Gasteiger partial charge in [-0.1, -0.05) is 0 Å². The first-order chi connectivity index (χ1) is 8.43. The molecule has 1 N–H and O–H groups in total. The molecule has 2 aliphatic rings. The zero-order valence-corrected chi connectivity index (χ0v) is 11.1. The quantitative estimate of drug-likeness (QED) is 0.824. The maximum atomic E-state index is 12.3. The molecule has 2 rings (SSSR count). The van der Waals surface area contributed by atoms with Crippen LogP contribution in [0.5, 0.6) is 0 Å². The van der Waals surface area contributed by atoms with Crippen LogP contribution >= 0.6 is 0 Å². The maximum absolute atomic E-state index is 12.3. The van der Waals surface area contributed by atoms with Gasteiger partial charge in [-0.25, -0.2) is 4.79 Å². The normalized spacial score (nSPS) is 30.0. The molecule has 1 saturated heterocycles. The van der Waals surface area contributed by atoms with Crippen LogP contribution in [0.2, 0.25) is 0 Å². The highest BCUT2D eigenvalue weighted by Crippen LogP contribution is 2.40. The molecule has 0 aromatic rings. The largest absolute Gasteiger partial charge is 0.480 e. The summed E-state index contributed by atoms with van der Waals surface area (Å²) < 4.78 is 5.44. The van der Waals surface area contributed by atoms with E-state index in [1.54, 1.807) is 14.0 Å². The number of methoxy groups -OCH3 is 1. The topological polar surface area (TPSA) is 66.8 Å². The lowest BCUT2D eigenvalue weighted by atomic mass is 9.77. The third-order valence-electron chi connectivity index (χ3n) is 4.57. The number of rotatable bonds is 4. The molecule has 1 aliphatic heterocycles. The Kier molecular flexibility index (Phi) is 3.36. The monoisotopic (exact) mass is 255 g/mol. The molecule has 1 amide bonds. The first-order valence-corrected chi connectivity index (χ1v) is 6.53. The van der Waals surface area contributed by atoms with Gasteiger partial charge >= 0.3 is 5.97 Å². The van der Waals surface area contributed by atoms with Crippen LogP contribution in [0.4, 0.5) is 0 Å². The molecule has 18 heavy (non-hydrogen) atoms. The molecule has 102 valence electrons. The average molecular weight is 255 g/mol. The lowest BCUT2D eigenvalue weighted by Gasteiger charge is -2.42. The molecule has 1 atom stereocenters. The third-order valence-corrected chi connectivity index (χ3v) is 4.57. The Hall–Kier alpha value is -1.10. The molecule has 5 nitrogen and oxygen atoms in total. The van der Waals surface area contributed by atoms with Crippen molar-refractivity contribution in [2.24, 2.45) is 0 Å². The van der Waals surface area contributed by atoms with E-state index in [-0.39, 0.29) is 11.5 Å². The van der Waals surface area contributed by atoms with Gasteiger partial charge in [0, 0.05) is 13.7 Å². The van der Waals surface area contributed by atoms with E-state index in [1.165, 1.54) is 4.90 Å². The number of hydrogen-bond donors (Lipinski definition) is 1. The number of carbonyl (C=O) groups is 2. The van der Waals surface area contributed by atoms with Crippen LogP contribution in [0.3, 0.4) is 0 Å². The molecule has 1 unspecified atom stereocenters. The number of ether oxygens (including phenoxy) is 1. The Bertz CT molecular complexity index is 358. The number of carboxylic acid groups (broad SMARTS) is 1. The minimum atomic E-state index is -1.03. The Morgan fingerprint density at radius 3 is 2.39 bits per heavy atom.